The van der Waals surface area contributed by atoms with Crippen LogP contribution in [0, 0.1) is 13.8 Å². The van der Waals surface area contributed by atoms with E-state index >= 15 is 0 Å². The van der Waals surface area contributed by atoms with Crippen LogP contribution in [0.15, 0.2) is 24.3 Å². The third-order valence-corrected chi connectivity index (χ3v) is 7.11. The molecule has 0 atom stereocenters. The zero-order chi connectivity index (χ0) is 21.4. The second-order valence-electron chi connectivity index (χ2n) is 7.35. The van der Waals surface area contributed by atoms with Gasteiger partial charge in [-0.25, -0.2) is 4.79 Å². The summed E-state index contributed by atoms with van der Waals surface area (Å²) in [6.07, 6.45) is 2.80. The van der Waals surface area contributed by atoms with Gasteiger partial charge in [-0.15, -0.1) is 11.3 Å². The van der Waals surface area contributed by atoms with Crippen LogP contribution in [0.2, 0.25) is 5.02 Å². The molecule has 1 aromatic carbocycles. The van der Waals surface area contributed by atoms with Crippen molar-refractivity contribution in [1.82, 2.24) is 9.78 Å². The van der Waals surface area contributed by atoms with E-state index in [9.17, 15) is 9.59 Å². The maximum atomic E-state index is 12.9. The Labute approximate surface area is 183 Å². The predicted molar refractivity (Wildman–Crippen MR) is 118 cm³/mol. The predicted octanol–water partition coefficient (Wildman–Crippen LogP) is 4.79. The minimum absolute atomic E-state index is 0.256. The normalized spacial score (nSPS) is 12.7. The lowest BCUT2D eigenvalue weighted by molar-refractivity contribution is 0.0601. The summed E-state index contributed by atoms with van der Waals surface area (Å²) in [4.78, 5) is 26.4. The average molecular weight is 444 g/mol. The molecule has 0 bridgehead atoms. The van der Waals surface area contributed by atoms with Crippen molar-refractivity contribution in [1.29, 1.82) is 0 Å². The Hall–Kier alpha value is -2.64. The quantitative estimate of drug-likeness (QED) is 0.575. The SMILES string of the molecule is COC(=O)c1c(NC(=O)c2cccc(Cn3nc(C)c(Cl)c3C)c2)sc2c1CCC2. The van der Waals surface area contributed by atoms with Gasteiger partial charge in [0.1, 0.15) is 5.00 Å². The Morgan fingerprint density at radius 3 is 2.80 bits per heavy atom. The van der Waals surface area contributed by atoms with Gasteiger partial charge in [0, 0.05) is 10.4 Å². The highest BCUT2D eigenvalue weighted by Crippen LogP contribution is 2.39. The van der Waals surface area contributed by atoms with E-state index in [0.717, 1.165) is 46.7 Å². The Bertz CT molecular complexity index is 1150. The number of carbonyl (C=O) groups is 2. The van der Waals surface area contributed by atoms with E-state index in [-0.39, 0.29) is 5.91 Å². The van der Waals surface area contributed by atoms with Crippen LogP contribution in [0.3, 0.4) is 0 Å². The molecule has 1 N–H and O–H groups in total. The Morgan fingerprint density at radius 2 is 2.10 bits per heavy atom. The Morgan fingerprint density at radius 1 is 1.30 bits per heavy atom. The lowest BCUT2D eigenvalue weighted by Gasteiger charge is -2.09. The van der Waals surface area contributed by atoms with E-state index in [0.29, 0.717) is 27.7 Å². The fraction of sp³-hybridized carbons (Fsp3) is 0.318. The first-order chi connectivity index (χ1) is 14.4. The number of nitrogens with one attached hydrogen (secondary N) is 1. The number of amides is 1. The summed E-state index contributed by atoms with van der Waals surface area (Å²) in [6, 6.07) is 7.37. The molecule has 4 rings (SSSR count). The molecule has 0 saturated carbocycles. The number of aromatic nitrogens is 2. The summed E-state index contributed by atoms with van der Waals surface area (Å²) in [5.41, 5.74) is 4.63. The molecule has 2 heterocycles. The van der Waals surface area contributed by atoms with Crippen LogP contribution in [0.4, 0.5) is 5.00 Å². The molecule has 0 aliphatic heterocycles. The van der Waals surface area contributed by atoms with Crippen molar-refractivity contribution in [3.05, 3.63) is 67.8 Å². The first-order valence-corrected chi connectivity index (χ1v) is 10.9. The third-order valence-electron chi connectivity index (χ3n) is 5.35. The van der Waals surface area contributed by atoms with E-state index < -0.39 is 5.97 Å². The molecule has 1 aliphatic rings. The van der Waals surface area contributed by atoms with Gasteiger partial charge in [0.05, 0.1) is 35.6 Å². The summed E-state index contributed by atoms with van der Waals surface area (Å²) < 4.78 is 6.78. The molecule has 156 valence electrons. The summed E-state index contributed by atoms with van der Waals surface area (Å²) in [6.45, 7) is 4.30. The van der Waals surface area contributed by atoms with Crippen LogP contribution in [-0.4, -0.2) is 28.8 Å². The summed E-state index contributed by atoms with van der Waals surface area (Å²) in [7, 11) is 1.36. The molecular formula is C22H22ClN3O3S. The van der Waals surface area contributed by atoms with Crippen molar-refractivity contribution < 1.29 is 14.3 Å². The van der Waals surface area contributed by atoms with Gasteiger partial charge in [0.2, 0.25) is 0 Å². The van der Waals surface area contributed by atoms with E-state index in [2.05, 4.69) is 10.4 Å². The van der Waals surface area contributed by atoms with Gasteiger partial charge < -0.3 is 10.1 Å². The summed E-state index contributed by atoms with van der Waals surface area (Å²) >= 11 is 7.70. The number of thiophene rings is 1. The standard InChI is InChI=1S/C22H22ClN3O3S/c1-12-19(23)13(2)26(25-12)11-14-6-4-7-15(10-14)20(27)24-21-18(22(28)29-3)16-8-5-9-17(16)30-21/h4,6-7,10H,5,8-9,11H2,1-3H3,(H,24,27). The van der Waals surface area contributed by atoms with Crippen LogP contribution in [-0.2, 0) is 24.1 Å². The van der Waals surface area contributed by atoms with E-state index in [1.807, 2.05) is 36.7 Å². The zero-order valence-corrected chi connectivity index (χ0v) is 18.6. The molecule has 8 heteroatoms. The number of anilines is 1. The molecule has 1 amide bonds. The monoisotopic (exact) mass is 443 g/mol. The highest BCUT2D eigenvalue weighted by Gasteiger charge is 2.28. The number of hydrogen-bond donors (Lipinski definition) is 1. The van der Waals surface area contributed by atoms with Crippen molar-refractivity contribution in [3.8, 4) is 0 Å². The number of nitrogens with zero attached hydrogens (tertiary/aromatic N) is 2. The fourth-order valence-corrected chi connectivity index (χ4v) is 5.21. The molecule has 0 saturated heterocycles. The van der Waals surface area contributed by atoms with Gasteiger partial charge in [-0.3, -0.25) is 9.48 Å². The number of methoxy groups -OCH3 is 1. The second-order valence-corrected chi connectivity index (χ2v) is 8.83. The number of fused-ring (bicyclic) bond motifs is 1. The molecule has 30 heavy (non-hydrogen) atoms. The van der Waals surface area contributed by atoms with Gasteiger partial charge in [0.25, 0.3) is 5.91 Å². The van der Waals surface area contributed by atoms with Crippen molar-refractivity contribution in [2.75, 3.05) is 12.4 Å². The van der Waals surface area contributed by atoms with Gasteiger partial charge in [-0.2, -0.15) is 5.10 Å². The molecule has 1 aliphatic carbocycles. The summed E-state index contributed by atoms with van der Waals surface area (Å²) in [5, 5.41) is 8.59. The maximum absolute atomic E-state index is 12.9. The molecule has 3 aromatic rings. The van der Waals surface area contributed by atoms with Crippen LogP contribution >= 0.6 is 22.9 Å². The fourth-order valence-electron chi connectivity index (χ4n) is 3.80. The zero-order valence-electron chi connectivity index (χ0n) is 17.0. The lowest BCUT2D eigenvalue weighted by Crippen LogP contribution is -2.15. The first kappa shape index (κ1) is 20.6. The number of carbonyl (C=O) groups excluding carboxylic acids is 2. The van der Waals surface area contributed by atoms with Crippen molar-refractivity contribution in [2.45, 2.75) is 39.7 Å². The minimum atomic E-state index is -0.403. The number of esters is 1. The number of rotatable bonds is 5. The van der Waals surface area contributed by atoms with Gasteiger partial charge in [0.15, 0.2) is 0 Å². The molecule has 0 fully saturated rings. The van der Waals surface area contributed by atoms with E-state index in [1.165, 1.54) is 18.4 Å². The molecule has 6 nitrogen and oxygen atoms in total. The number of benzene rings is 1. The molecule has 0 radical (unpaired) electrons. The number of halogens is 1. The van der Waals surface area contributed by atoms with Crippen molar-refractivity contribution in [2.24, 2.45) is 0 Å². The van der Waals surface area contributed by atoms with Gasteiger partial charge in [-0.05, 0) is 56.4 Å². The van der Waals surface area contributed by atoms with Gasteiger partial charge >= 0.3 is 5.97 Å². The van der Waals surface area contributed by atoms with Gasteiger partial charge in [-0.1, -0.05) is 23.7 Å². The molecule has 2 aromatic heterocycles. The Balaban J connectivity index is 1.57. The first-order valence-electron chi connectivity index (χ1n) is 9.71. The van der Waals surface area contributed by atoms with Crippen molar-refractivity contribution in [3.63, 3.8) is 0 Å². The number of ether oxygens (including phenoxy) is 1. The summed E-state index contributed by atoms with van der Waals surface area (Å²) in [5.74, 6) is -0.659. The smallest absolute Gasteiger partial charge is 0.341 e. The average Bonchev–Trinajstić information content (AvgIpc) is 3.38. The number of aryl methyl sites for hydroxylation is 2. The second kappa shape index (κ2) is 8.24. The maximum Gasteiger partial charge on any atom is 0.341 e. The molecule has 0 unspecified atom stereocenters. The minimum Gasteiger partial charge on any atom is -0.465 e. The van der Waals surface area contributed by atoms with Crippen LogP contribution in [0.1, 0.15) is 54.5 Å². The van der Waals surface area contributed by atoms with Crippen LogP contribution in [0.5, 0.6) is 0 Å². The largest absolute Gasteiger partial charge is 0.465 e. The highest BCUT2D eigenvalue weighted by atomic mass is 35.5. The third kappa shape index (κ3) is 3.75. The molecule has 0 spiro atoms. The number of hydrogen-bond acceptors (Lipinski definition) is 5. The van der Waals surface area contributed by atoms with E-state index in [4.69, 9.17) is 16.3 Å². The van der Waals surface area contributed by atoms with Crippen LogP contribution in [0.25, 0.3) is 0 Å². The molecular weight excluding hydrogens is 422 g/mol. The lowest BCUT2D eigenvalue weighted by atomic mass is 10.1. The Kier molecular flexibility index (Phi) is 5.66. The van der Waals surface area contributed by atoms with Crippen molar-refractivity contribution >= 4 is 39.8 Å². The topological polar surface area (TPSA) is 73.2 Å². The highest BCUT2D eigenvalue weighted by molar-refractivity contribution is 7.17. The van der Waals surface area contributed by atoms with Crippen LogP contribution < -0.4 is 5.32 Å². The van der Waals surface area contributed by atoms with E-state index in [1.54, 1.807) is 6.07 Å².